The Labute approximate surface area is 117 Å². The first-order valence-corrected chi connectivity index (χ1v) is 10.8. The van der Waals surface area contributed by atoms with Crippen LogP contribution in [-0.2, 0) is 9.53 Å². The molecule has 0 atom stereocenters. The fourth-order valence-electron chi connectivity index (χ4n) is 2.65. The van der Waals surface area contributed by atoms with Crippen molar-refractivity contribution in [2.75, 3.05) is 6.61 Å². The summed E-state index contributed by atoms with van der Waals surface area (Å²) in [5.41, 5.74) is 6.15. The van der Waals surface area contributed by atoms with Gasteiger partial charge in [0, 0.05) is 6.08 Å². The third-order valence-corrected chi connectivity index (χ3v) is 4.69. The number of carbonyl (C=O) groups is 1. The van der Waals surface area contributed by atoms with Gasteiger partial charge < -0.3 is 4.74 Å². The van der Waals surface area contributed by atoms with Crippen LogP contribution in [0.15, 0.2) is 34.6 Å². The first-order chi connectivity index (χ1) is 8.94. The second-order valence-corrected chi connectivity index (χ2v) is 11.6. The van der Waals surface area contributed by atoms with E-state index in [1.165, 1.54) is 43.3 Å². The Hall–Kier alpha value is -1.09. The van der Waals surface area contributed by atoms with E-state index in [-0.39, 0.29) is 5.97 Å². The van der Waals surface area contributed by atoms with E-state index in [4.69, 9.17) is 4.74 Å². The molecule has 1 heterocycles. The minimum atomic E-state index is -1.30. The molecule has 1 aliphatic heterocycles. The van der Waals surface area contributed by atoms with Crippen LogP contribution in [0.5, 0.6) is 0 Å². The van der Waals surface area contributed by atoms with E-state index >= 15 is 0 Å². The van der Waals surface area contributed by atoms with Crippen LogP contribution in [0.2, 0.25) is 19.6 Å². The van der Waals surface area contributed by atoms with Gasteiger partial charge in [-0.25, -0.2) is 4.79 Å². The van der Waals surface area contributed by atoms with Crippen LogP contribution in [0.3, 0.4) is 0 Å². The maximum absolute atomic E-state index is 11.5. The second-order valence-electron chi connectivity index (χ2n) is 6.61. The lowest BCUT2D eigenvalue weighted by Crippen LogP contribution is -2.21. The first-order valence-electron chi connectivity index (χ1n) is 7.24. The molecule has 0 N–H and O–H groups in total. The van der Waals surface area contributed by atoms with Gasteiger partial charge in [0.2, 0.25) is 0 Å². The molecular formula is C16H24O2Si. The quantitative estimate of drug-likeness (QED) is 0.559. The largest absolute Gasteiger partial charge is 0.458 e. The van der Waals surface area contributed by atoms with Crippen molar-refractivity contribution in [1.82, 2.24) is 0 Å². The average Bonchev–Trinajstić information content (AvgIpc) is 2.32. The highest BCUT2D eigenvalue weighted by molar-refractivity contribution is 6.81. The summed E-state index contributed by atoms with van der Waals surface area (Å²) in [7, 11) is -1.30. The van der Waals surface area contributed by atoms with Crippen LogP contribution in [0.25, 0.3) is 0 Å². The minimum Gasteiger partial charge on any atom is -0.458 e. The normalized spacial score (nSPS) is 23.1. The number of allylic oxidation sites excluding steroid dienone is 2. The molecular weight excluding hydrogens is 252 g/mol. The van der Waals surface area contributed by atoms with E-state index < -0.39 is 8.07 Å². The molecule has 0 saturated heterocycles. The molecule has 19 heavy (non-hydrogen) atoms. The number of hydrogen-bond acceptors (Lipinski definition) is 2. The maximum atomic E-state index is 11.5. The molecule has 0 bridgehead atoms. The number of ether oxygens (including phenoxy) is 1. The third kappa shape index (κ3) is 4.50. The van der Waals surface area contributed by atoms with E-state index in [1.54, 1.807) is 6.08 Å². The molecule has 2 rings (SSSR count). The Bertz CT molecular complexity index is 442. The Morgan fingerprint density at radius 2 is 1.84 bits per heavy atom. The fraction of sp³-hybridized carbons (Fsp3) is 0.562. The van der Waals surface area contributed by atoms with Gasteiger partial charge in [-0.3, -0.25) is 0 Å². The molecule has 0 spiro atoms. The van der Waals surface area contributed by atoms with Crippen molar-refractivity contribution >= 4 is 14.0 Å². The SMILES string of the molecule is C[Si](C)(C)/C=C1\COC(=O)C=C1C=C1CCCCC1. The highest BCUT2D eigenvalue weighted by Crippen LogP contribution is 2.28. The zero-order chi connectivity index (χ0) is 13.9. The third-order valence-electron chi connectivity index (χ3n) is 3.48. The van der Waals surface area contributed by atoms with Gasteiger partial charge in [-0.05, 0) is 36.8 Å². The number of rotatable bonds is 2. The molecule has 104 valence electrons. The van der Waals surface area contributed by atoms with Crippen molar-refractivity contribution in [2.45, 2.75) is 51.7 Å². The summed E-state index contributed by atoms with van der Waals surface area (Å²) in [5.74, 6) is -0.199. The first kappa shape index (κ1) is 14.3. The van der Waals surface area contributed by atoms with E-state index in [0.717, 1.165) is 5.57 Å². The van der Waals surface area contributed by atoms with Crippen LogP contribution < -0.4 is 0 Å². The summed E-state index contributed by atoms with van der Waals surface area (Å²) < 4.78 is 5.17. The molecule has 0 aromatic carbocycles. The van der Waals surface area contributed by atoms with Crippen LogP contribution in [0, 0.1) is 0 Å². The lowest BCUT2D eigenvalue weighted by molar-refractivity contribution is -0.137. The zero-order valence-electron chi connectivity index (χ0n) is 12.3. The van der Waals surface area contributed by atoms with E-state index in [1.807, 2.05) is 0 Å². The van der Waals surface area contributed by atoms with Gasteiger partial charge in [0.25, 0.3) is 0 Å². The predicted octanol–water partition coefficient (Wildman–Crippen LogP) is 4.16. The van der Waals surface area contributed by atoms with Gasteiger partial charge in [-0.15, -0.1) is 0 Å². The summed E-state index contributed by atoms with van der Waals surface area (Å²) in [4.78, 5) is 11.5. The van der Waals surface area contributed by atoms with Crippen molar-refractivity contribution in [1.29, 1.82) is 0 Å². The zero-order valence-corrected chi connectivity index (χ0v) is 13.3. The summed E-state index contributed by atoms with van der Waals surface area (Å²) in [6, 6.07) is 0. The van der Waals surface area contributed by atoms with Gasteiger partial charge in [0.05, 0.1) is 8.07 Å². The Kier molecular flexibility index (Phi) is 4.45. The molecule has 0 aromatic heterocycles. The van der Waals surface area contributed by atoms with Gasteiger partial charge in [-0.1, -0.05) is 43.4 Å². The van der Waals surface area contributed by atoms with Gasteiger partial charge in [-0.2, -0.15) is 0 Å². The average molecular weight is 276 g/mol. The molecule has 2 nitrogen and oxygen atoms in total. The highest BCUT2D eigenvalue weighted by Gasteiger charge is 2.19. The van der Waals surface area contributed by atoms with Crippen LogP contribution >= 0.6 is 0 Å². The number of hydrogen-bond donors (Lipinski definition) is 0. The number of carbonyl (C=O) groups excluding carboxylic acids is 1. The Morgan fingerprint density at radius 1 is 1.16 bits per heavy atom. The van der Waals surface area contributed by atoms with Crippen molar-refractivity contribution < 1.29 is 9.53 Å². The Balaban J connectivity index is 2.26. The lowest BCUT2D eigenvalue weighted by atomic mass is 9.92. The standard InChI is InChI=1S/C16H24O2Si/c1-19(2,3)12-15-11-18-16(17)10-14(15)9-13-7-5-4-6-8-13/h9-10,12H,4-8,11H2,1-3H3/b15-12+. The van der Waals surface area contributed by atoms with Crippen molar-refractivity contribution in [3.8, 4) is 0 Å². The summed E-state index contributed by atoms with van der Waals surface area (Å²) >= 11 is 0. The molecule has 2 aliphatic rings. The summed E-state index contributed by atoms with van der Waals surface area (Å²) in [6.07, 6.45) is 10.2. The summed E-state index contributed by atoms with van der Waals surface area (Å²) in [6.45, 7) is 7.37. The monoisotopic (exact) mass is 276 g/mol. The van der Waals surface area contributed by atoms with E-state index in [0.29, 0.717) is 6.61 Å². The topological polar surface area (TPSA) is 26.3 Å². The molecule has 1 fully saturated rings. The Morgan fingerprint density at radius 3 is 2.47 bits per heavy atom. The van der Waals surface area contributed by atoms with Crippen LogP contribution in [0.1, 0.15) is 32.1 Å². The minimum absolute atomic E-state index is 0.199. The maximum Gasteiger partial charge on any atom is 0.331 e. The second kappa shape index (κ2) is 5.91. The molecule has 0 unspecified atom stereocenters. The van der Waals surface area contributed by atoms with Gasteiger partial charge in [0.15, 0.2) is 0 Å². The molecule has 0 amide bonds. The van der Waals surface area contributed by atoms with E-state index in [2.05, 4.69) is 31.4 Å². The number of cyclic esters (lactones) is 1. The van der Waals surface area contributed by atoms with Crippen LogP contribution in [0.4, 0.5) is 0 Å². The predicted molar refractivity (Wildman–Crippen MR) is 81.6 cm³/mol. The smallest absolute Gasteiger partial charge is 0.331 e. The number of esters is 1. The molecule has 1 saturated carbocycles. The van der Waals surface area contributed by atoms with Gasteiger partial charge in [0.1, 0.15) is 6.61 Å². The van der Waals surface area contributed by atoms with Crippen LogP contribution in [-0.4, -0.2) is 20.7 Å². The molecule has 0 aromatic rings. The highest BCUT2D eigenvalue weighted by atomic mass is 28.3. The van der Waals surface area contributed by atoms with Crippen molar-refractivity contribution in [2.24, 2.45) is 0 Å². The molecule has 0 radical (unpaired) electrons. The van der Waals surface area contributed by atoms with Gasteiger partial charge >= 0.3 is 5.97 Å². The molecule has 3 heteroatoms. The van der Waals surface area contributed by atoms with Crippen molar-refractivity contribution in [3.63, 3.8) is 0 Å². The molecule has 1 aliphatic carbocycles. The van der Waals surface area contributed by atoms with Crippen molar-refractivity contribution in [3.05, 3.63) is 34.6 Å². The summed E-state index contributed by atoms with van der Waals surface area (Å²) in [5, 5.41) is 0. The fourth-order valence-corrected chi connectivity index (χ4v) is 3.94. The lowest BCUT2D eigenvalue weighted by Gasteiger charge is -2.21. The van der Waals surface area contributed by atoms with E-state index in [9.17, 15) is 4.79 Å².